The van der Waals surface area contributed by atoms with Crippen molar-refractivity contribution in [1.29, 1.82) is 0 Å². The molecule has 1 aromatic rings. The summed E-state index contributed by atoms with van der Waals surface area (Å²) in [5.41, 5.74) is 0.621. The summed E-state index contributed by atoms with van der Waals surface area (Å²) in [6, 6.07) is 7.40. The van der Waals surface area contributed by atoms with Gasteiger partial charge in [-0.3, -0.25) is 0 Å². The molecule has 0 bridgehead atoms. The van der Waals surface area contributed by atoms with Crippen LogP contribution in [0.4, 0.5) is 10.5 Å². The van der Waals surface area contributed by atoms with E-state index in [2.05, 4.69) is 10.6 Å². The molecule has 16 heavy (non-hydrogen) atoms. The molecular formula is C11H14N2O3. The topological polar surface area (TPSA) is 78.4 Å². The fraction of sp³-hybridized carbons (Fsp3) is 0.273. The number of anilines is 1. The minimum Gasteiger partial charge on any atom is -0.391 e. The number of para-hydroxylation sites is 1. The number of rotatable bonds is 4. The van der Waals surface area contributed by atoms with Crippen LogP contribution in [0.2, 0.25) is 0 Å². The standard InChI is InChI=1S/C11H14N2O3/c1-8(15)10(7-14)13-11(16)12-9-5-3-2-4-6-9/h2-8,10,15H,1H3,(H2,12,13,16)/t8-,10-/m0/s1. The van der Waals surface area contributed by atoms with Crippen LogP contribution in [-0.4, -0.2) is 29.6 Å². The second-order valence-electron chi connectivity index (χ2n) is 3.37. The van der Waals surface area contributed by atoms with Gasteiger partial charge in [-0.2, -0.15) is 0 Å². The molecule has 5 heteroatoms. The van der Waals surface area contributed by atoms with E-state index in [1.54, 1.807) is 24.3 Å². The molecule has 0 saturated heterocycles. The molecule has 1 aromatic carbocycles. The second-order valence-corrected chi connectivity index (χ2v) is 3.37. The van der Waals surface area contributed by atoms with Gasteiger partial charge in [0.2, 0.25) is 0 Å². The van der Waals surface area contributed by atoms with Gasteiger partial charge in [-0.1, -0.05) is 18.2 Å². The maximum Gasteiger partial charge on any atom is 0.319 e. The van der Waals surface area contributed by atoms with Crippen molar-refractivity contribution in [2.24, 2.45) is 0 Å². The number of aldehydes is 1. The smallest absolute Gasteiger partial charge is 0.319 e. The molecule has 0 radical (unpaired) electrons. The van der Waals surface area contributed by atoms with Gasteiger partial charge in [0.1, 0.15) is 12.3 Å². The first-order chi connectivity index (χ1) is 7.63. The maximum atomic E-state index is 11.4. The molecule has 0 aliphatic heterocycles. The zero-order valence-electron chi connectivity index (χ0n) is 8.88. The van der Waals surface area contributed by atoms with Gasteiger partial charge in [-0.05, 0) is 19.1 Å². The van der Waals surface area contributed by atoms with Crippen LogP contribution < -0.4 is 10.6 Å². The highest BCUT2D eigenvalue weighted by Gasteiger charge is 2.16. The van der Waals surface area contributed by atoms with Crippen LogP contribution in [-0.2, 0) is 4.79 Å². The van der Waals surface area contributed by atoms with Crippen LogP contribution in [0.25, 0.3) is 0 Å². The minimum absolute atomic E-state index is 0.495. The molecule has 1 rings (SSSR count). The number of amides is 2. The third-order valence-electron chi connectivity index (χ3n) is 2.00. The van der Waals surface area contributed by atoms with Crippen molar-refractivity contribution in [3.63, 3.8) is 0 Å². The van der Waals surface area contributed by atoms with Crippen LogP contribution in [0, 0.1) is 0 Å². The van der Waals surface area contributed by atoms with Crippen molar-refractivity contribution in [2.75, 3.05) is 5.32 Å². The quantitative estimate of drug-likeness (QED) is 0.658. The van der Waals surface area contributed by atoms with Gasteiger partial charge < -0.3 is 20.5 Å². The Kier molecular flexibility index (Phi) is 4.47. The number of benzene rings is 1. The van der Waals surface area contributed by atoms with E-state index in [-0.39, 0.29) is 0 Å². The molecule has 0 saturated carbocycles. The predicted molar refractivity (Wildman–Crippen MR) is 60.1 cm³/mol. The molecule has 0 aliphatic rings. The fourth-order valence-electron chi connectivity index (χ4n) is 1.11. The van der Waals surface area contributed by atoms with E-state index < -0.39 is 18.2 Å². The SMILES string of the molecule is C[C@H](O)[C@H](C=O)NC(=O)Nc1ccccc1. The van der Waals surface area contributed by atoms with Crippen LogP contribution in [0.15, 0.2) is 30.3 Å². The lowest BCUT2D eigenvalue weighted by Crippen LogP contribution is -2.45. The van der Waals surface area contributed by atoms with E-state index in [9.17, 15) is 9.59 Å². The van der Waals surface area contributed by atoms with E-state index in [0.29, 0.717) is 12.0 Å². The Bertz CT molecular complexity index is 352. The molecular weight excluding hydrogens is 208 g/mol. The first-order valence-electron chi connectivity index (χ1n) is 4.89. The highest BCUT2D eigenvalue weighted by Crippen LogP contribution is 2.04. The third-order valence-corrected chi connectivity index (χ3v) is 2.00. The number of nitrogens with one attached hydrogen (secondary N) is 2. The van der Waals surface area contributed by atoms with E-state index in [0.717, 1.165) is 0 Å². The lowest BCUT2D eigenvalue weighted by atomic mass is 10.2. The Balaban J connectivity index is 2.50. The van der Waals surface area contributed by atoms with E-state index in [1.165, 1.54) is 6.92 Å². The molecule has 0 unspecified atom stereocenters. The molecule has 0 fully saturated rings. The second kappa shape index (κ2) is 5.87. The molecule has 2 atom stereocenters. The highest BCUT2D eigenvalue weighted by atomic mass is 16.3. The first-order valence-corrected chi connectivity index (χ1v) is 4.89. The average molecular weight is 222 g/mol. The number of aliphatic hydroxyl groups excluding tert-OH is 1. The summed E-state index contributed by atoms with van der Waals surface area (Å²) in [6.07, 6.45) is -0.422. The number of aliphatic hydroxyl groups is 1. The lowest BCUT2D eigenvalue weighted by molar-refractivity contribution is -0.111. The minimum atomic E-state index is -0.918. The fourth-order valence-corrected chi connectivity index (χ4v) is 1.11. The number of carbonyl (C=O) groups is 2. The van der Waals surface area contributed by atoms with Crippen molar-refractivity contribution >= 4 is 18.0 Å². The Hall–Kier alpha value is -1.88. The summed E-state index contributed by atoms with van der Waals surface area (Å²) >= 11 is 0. The first kappa shape index (κ1) is 12.2. The summed E-state index contributed by atoms with van der Waals surface area (Å²) in [5.74, 6) is 0. The summed E-state index contributed by atoms with van der Waals surface area (Å²) in [7, 11) is 0. The van der Waals surface area contributed by atoms with Crippen LogP contribution >= 0.6 is 0 Å². The zero-order chi connectivity index (χ0) is 12.0. The molecule has 0 heterocycles. The number of carbonyl (C=O) groups excluding carboxylic acids is 2. The van der Waals surface area contributed by atoms with Crippen molar-refractivity contribution in [2.45, 2.75) is 19.1 Å². The van der Waals surface area contributed by atoms with Crippen molar-refractivity contribution < 1.29 is 14.7 Å². The average Bonchev–Trinajstić information content (AvgIpc) is 2.27. The Morgan fingerprint density at radius 2 is 2.00 bits per heavy atom. The summed E-state index contributed by atoms with van der Waals surface area (Å²) < 4.78 is 0. The molecule has 0 aromatic heterocycles. The van der Waals surface area contributed by atoms with Gasteiger partial charge in [-0.15, -0.1) is 0 Å². The highest BCUT2D eigenvalue weighted by molar-refractivity contribution is 5.90. The molecule has 2 amide bonds. The Morgan fingerprint density at radius 1 is 1.38 bits per heavy atom. The van der Waals surface area contributed by atoms with E-state index in [4.69, 9.17) is 5.11 Å². The number of hydrogen-bond donors (Lipinski definition) is 3. The van der Waals surface area contributed by atoms with Crippen LogP contribution in [0.1, 0.15) is 6.92 Å². The number of urea groups is 1. The maximum absolute atomic E-state index is 11.4. The molecule has 5 nitrogen and oxygen atoms in total. The number of hydrogen-bond acceptors (Lipinski definition) is 3. The molecule has 0 spiro atoms. The van der Waals surface area contributed by atoms with Crippen molar-refractivity contribution in [1.82, 2.24) is 5.32 Å². The van der Waals surface area contributed by atoms with E-state index >= 15 is 0 Å². The molecule has 86 valence electrons. The third kappa shape index (κ3) is 3.70. The van der Waals surface area contributed by atoms with Crippen molar-refractivity contribution in [3.05, 3.63) is 30.3 Å². The summed E-state index contributed by atoms with van der Waals surface area (Å²) in [5, 5.41) is 14.0. The van der Waals surface area contributed by atoms with Crippen LogP contribution in [0.5, 0.6) is 0 Å². The summed E-state index contributed by atoms with van der Waals surface area (Å²) in [6.45, 7) is 1.43. The monoisotopic (exact) mass is 222 g/mol. The largest absolute Gasteiger partial charge is 0.391 e. The lowest BCUT2D eigenvalue weighted by Gasteiger charge is -2.15. The van der Waals surface area contributed by atoms with Gasteiger partial charge in [0, 0.05) is 5.69 Å². The summed E-state index contributed by atoms with van der Waals surface area (Å²) in [4.78, 5) is 21.9. The molecule has 3 N–H and O–H groups in total. The van der Waals surface area contributed by atoms with Crippen LogP contribution in [0.3, 0.4) is 0 Å². The molecule has 0 aliphatic carbocycles. The van der Waals surface area contributed by atoms with Gasteiger partial charge >= 0.3 is 6.03 Å². The Morgan fingerprint density at radius 3 is 2.50 bits per heavy atom. The van der Waals surface area contributed by atoms with Gasteiger partial charge in [0.05, 0.1) is 6.10 Å². The van der Waals surface area contributed by atoms with Crippen molar-refractivity contribution in [3.8, 4) is 0 Å². The van der Waals surface area contributed by atoms with Gasteiger partial charge in [0.15, 0.2) is 0 Å². The van der Waals surface area contributed by atoms with Gasteiger partial charge in [-0.25, -0.2) is 4.79 Å². The van der Waals surface area contributed by atoms with Gasteiger partial charge in [0.25, 0.3) is 0 Å². The predicted octanol–water partition coefficient (Wildman–Crippen LogP) is 0.756. The van der Waals surface area contributed by atoms with E-state index in [1.807, 2.05) is 6.07 Å². The Labute approximate surface area is 93.5 Å². The zero-order valence-corrected chi connectivity index (χ0v) is 8.88. The normalized spacial score (nSPS) is 13.6.